The maximum absolute atomic E-state index is 12.8. The van der Waals surface area contributed by atoms with Gasteiger partial charge < -0.3 is 10.7 Å². The first-order chi connectivity index (χ1) is 9.40. The fourth-order valence-corrected chi connectivity index (χ4v) is 1.72. The Morgan fingerprint density at radius 2 is 2.00 bits per heavy atom. The average molecular weight is 289 g/mol. The molecule has 1 aromatic carbocycles. The Kier molecular flexibility index (Phi) is 5.82. The van der Waals surface area contributed by atoms with Crippen molar-refractivity contribution in [2.45, 2.75) is 32.4 Å². The van der Waals surface area contributed by atoms with Gasteiger partial charge in [-0.1, -0.05) is 19.8 Å². The summed E-state index contributed by atoms with van der Waals surface area (Å²) in [6.07, 6.45) is -1.80. The molecule has 0 aliphatic rings. The standard InChI is InChI=1S/C13H18F3N3O/c1-2-3-4-7-18-12(20)9-5-6-11(19-17)10(8-9)13(14,15)16/h5-6,8,19H,2-4,7,17H2,1H3,(H,18,20). The summed E-state index contributed by atoms with van der Waals surface area (Å²) < 4.78 is 38.4. The minimum Gasteiger partial charge on any atom is -0.352 e. The Morgan fingerprint density at radius 1 is 1.30 bits per heavy atom. The van der Waals surface area contributed by atoms with E-state index in [9.17, 15) is 18.0 Å². The summed E-state index contributed by atoms with van der Waals surface area (Å²) in [6.45, 7) is 2.47. The van der Waals surface area contributed by atoms with Crippen LogP contribution in [0.3, 0.4) is 0 Å². The van der Waals surface area contributed by atoms with E-state index in [2.05, 4.69) is 5.32 Å². The summed E-state index contributed by atoms with van der Waals surface area (Å²) in [7, 11) is 0. The van der Waals surface area contributed by atoms with Gasteiger partial charge in [-0.05, 0) is 24.6 Å². The van der Waals surface area contributed by atoms with Gasteiger partial charge in [0.2, 0.25) is 0 Å². The summed E-state index contributed by atoms with van der Waals surface area (Å²) in [5.41, 5.74) is 0.721. The molecule has 7 heteroatoms. The summed E-state index contributed by atoms with van der Waals surface area (Å²) in [5.74, 6) is 4.52. The van der Waals surface area contributed by atoms with Crippen LogP contribution in [0.1, 0.15) is 42.1 Å². The van der Waals surface area contributed by atoms with E-state index in [0.717, 1.165) is 31.4 Å². The number of hydrogen-bond donors (Lipinski definition) is 3. The number of anilines is 1. The van der Waals surface area contributed by atoms with Crippen molar-refractivity contribution in [3.05, 3.63) is 29.3 Å². The second kappa shape index (κ2) is 7.14. The number of hydrazine groups is 1. The molecule has 0 aliphatic carbocycles. The van der Waals surface area contributed by atoms with Crippen LogP contribution >= 0.6 is 0 Å². The molecule has 0 aromatic heterocycles. The number of nitrogen functional groups attached to an aromatic ring is 1. The average Bonchev–Trinajstić information content (AvgIpc) is 2.41. The molecule has 0 fully saturated rings. The van der Waals surface area contributed by atoms with Crippen molar-refractivity contribution in [2.75, 3.05) is 12.0 Å². The number of hydrogen-bond acceptors (Lipinski definition) is 3. The van der Waals surface area contributed by atoms with Crippen molar-refractivity contribution < 1.29 is 18.0 Å². The van der Waals surface area contributed by atoms with Crippen LogP contribution in [0.5, 0.6) is 0 Å². The molecule has 0 saturated carbocycles. The topological polar surface area (TPSA) is 67.2 Å². The predicted molar refractivity (Wildman–Crippen MR) is 71.1 cm³/mol. The van der Waals surface area contributed by atoms with E-state index in [-0.39, 0.29) is 11.3 Å². The number of unbranched alkanes of at least 4 members (excludes halogenated alkanes) is 2. The number of halogens is 3. The van der Waals surface area contributed by atoms with Gasteiger partial charge in [0.05, 0.1) is 11.3 Å². The molecule has 4 N–H and O–H groups in total. The minimum absolute atomic E-state index is 0.0344. The molecule has 0 heterocycles. The molecule has 0 bridgehead atoms. The third-order valence-electron chi connectivity index (χ3n) is 2.81. The fraction of sp³-hybridized carbons (Fsp3) is 0.462. The van der Waals surface area contributed by atoms with Gasteiger partial charge in [0.25, 0.3) is 5.91 Å². The zero-order chi connectivity index (χ0) is 15.2. The van der Waals surface area contributed by atoms with Crippen molar-refractivity contribution in [1.82, 2.24) is 5.32 Å². The van der Waals surface area contributed by atoms with E-state index in [1.54, 1.807) is 0 Å². The number of carbonyl (C=O) groups excluding carboxylic acids is 1. The van der Waals surface area contributed by atoms with Crippen LogP contribution in [-0.2, 0) is 6.18 Å². The smallest absolute Gasteiger partial charge is 0.352 e. The van der Waals surface area contributed by atoms with E-state index in [0.29, 0.717) is 6.54 Å². The van der Waals surface area contributed by atoms with E-state index in [1.165, 1.54) is 6.07 Å². The van der Waals surface area contributed by atoms with Crippen LogP contribution in [0.15, 0.2) is 18.2 Å². The Labute approximate surface area is 115 Å². The molecule has 0 radical (unpaired) electrons. The third-order valence-corrected chi connectivity index (χ3v) is 2.81. The van der Waals surface area contributed by atoms with Crippen molar-refractivity contribution >= 4 is 11.6 Å². The molecule has 0 aliphatic heterocycles. The second-order valence-electron chi connectivity index (χ2n) is 4.37. The molecule has 1 amide bonds. The summed E-state index contributed by atoms with van der Waals surface area (Å²) >= 11 is 0. The highest BCUT2D eigenvalue weighted by Crippen LogP contribution is 2.35. The lowest BCUT2D eigenvalue weighted by molar-refractivity contribution is -0.137. The van der Waals surface area contributed by atoms with Gasteiger partial charge in [0, 0.05) is 12.1 Å². The quantitative estimate of drug-likeness (QED) is 0.428. The molecule has 0 spiro atoms. The second-order valence-corrected chi connectivity index (χ2v) is 4.37. The van der Waals surface area contributed by atoms with E-state index in [1.807, 2.05) is 12.3 Å². The van der Waals surface area contributed by atoms with Crippen molar-refractivity contribution in [1.29, 1.82) is 0 Å². The first-order valence-corrected chi connectivity index (χ1v) is 6.36. The Hall–Kier alpha value is -1.76. The number of rotatable bonds is 6. The van der Waals surface area contributed by atoms with E-state index in [4.69, 9.17) is 5.84 Å². The van der Waals surface area contributed by atoms with Gasteiger partial charge in [-0.25, -0.2) is 0 Å². The molecule has 1 rings (SSSR count). The van der Waals surface area contributed by atoms with Crippen LogP contribution in [0.25, 0.3) is 0 Å². The number of amides is 1. The van der Waals surface area contributed by atoms with Crippen molar-refractivity contribution in [3.63, 3.8) is 0 Å². The minimum atomic E-state index is -4.57. The van der Waals surface area contributed by atoms with Crippen LogP contribution in [0, 0.1) is 0 Å². The van der Waals surface area contributed by atoms with Crippen molar-refractivity contribution in [3.8, 4) is 0 Å². The Morgan fingerprint density at radius 3 is 2.55 bits per heavy atom. The van der Waals surface area contributed by atoms with Crippen LogP contribution in [-0.4, -0.2) is 12.5 Å². The summed E-state index contributed by atoms with van der Waals surface area (Å²) in [5, 5.41) is 2.59. The van der Waals surface area contributed by atoms with Crippen LogP contribution < -0.4 is 16.6 Å². The van der Waals surface area contributed by atoms with Gasteiger partial charge >= 0.3 is 6.18 Å². The van der Waals surface area contributed by atoms with Gasteiger partial charge in [-0.2, -0.15) is 13.2 Å². The molecule has 1 aromatic rings. The predicted octanol–water partition coefficient (Wildman–Crippen LogP) is 2.91. The number of nitrogens with two attached hydrogens (primary N) is 1. The highest BCUT2D eigenvalue weighted by molar-refractivity contribution is 5.94. The van der Waals surface area contributed by atoms with Crippen LogP contribution in [0.4, 0.5) is 18.9 Å². The maximum atomic E-state index is 12.8. The normalized spacial score (nSPS) is 11.2. The van der Waals surface area contributed by atoms with E-state index < -0.39 is 17.6 Å². The molecule has 4 nitrogen and oxygen atoms in total. The van der Waals surface area contributed by atoms with E-state index >= 15 is 0 Å². The maximum Gasteiger partial charge on any atom is 0.418 e. The summed E-state index contributed by atoms with van der Waals surface area (Å²) in [6, 6.07) is 3.24. The SMILES string of the molecule is CCCCCNC(=O)c1ccc(NN)c(C(F)(F)F)c1. The number of carbonyl (C=O) groups is 1. The molecule has 0 saturated heterocycles. The number of alkyl halides is 3. The molecule has 112 valence electrons. The third kappa shape index (κ3) is 4.41. The number of nitrogens with one attached hydrogen (secondary N) is 2. The largest absolute Gasteiger partial charge is 0.418 e. The molecular formula is C13H18F3N3O. The van der Waals surface area contributed by atoms with Gasteiger partial charge in [0.15, 0.2) is 0 Å². The van der Waals surface area contributed by atoms with Gasteiger partial charge in [-0.3, -0.25) is 10.6 Å². The Balaban J connectivity index is 2.83. The summed E-state index contributed by atoms with van der Waals surface area (Å²) in [4.78, 5) is 11.8. The lowest BCUT2D eigenvalue weighted by atomic mass is 10.1. The van der Waals surface area contributed by atoms with Gasteiger partial charge in [-0.15, -0.1) is 0 Å². The first kappa shape index (κ1) is 16.3. The van der Waals surface area contributed by atoms with Crippen molar-refractivity contribution in [2.24, 2.45) is 5.84 Å². The monoisotopic (exact) mass is 289 g/mol. The first-order valence-electron chi connectivity index (χ1n) is 6.36. The lowest BCUT2D eigenvalue weighted by Gasteiger charge is -2.14. The number of benzene rings is 1. The zero-order valence-corrected chi connectivity index (χ0v) is 11.2. The molecular weight excluding hydrogens is 271 g/mol. The molecule has 20 heavy (non-hydrogen) atoms. The highest BCUT2D eigenvalue weighted by Gasteiger charge is 2.34. The van der Waals surface area contributed by atoms with Crippen LogP contribution in [0.2, 0.25) is 0 Å². The highest BCUT2D eigenvalue weighted by atomic mass is 19.4. The zero-order valence-electron chi connectivity index (χ0n) is 11.2. The Bertz CT molecular complexity index is 461. The molecule has 0 atom stereocenters. The fourth-order valence-electron chi connectivity index (χ4n) is 1.72. The lowest BCUT2D eigenvalue weighted by Crippen LogP contribution is -2.25. The van der Waals surface area contributed by atoms with Gasteiger partial charge in [0.1, 0.15) is 0 Å². The molecule has 0 unspecified atom stereocenters.